The quantitative estimate of drug-likeness (QED) is 0.226. The Balaban J connectivity index is 2.52. The standard InChI is InChI=1S/C29H28O15/c1-8-37-28(20-9-10-22(39-15(3)31)23(11-20)40-16(4)32)29(42-18(6)34,43-19(7)35)27(36)26-24(41-17(5)33)12-21(38-14(2)30)13-25(26)44-28/h9-13H,8H2,1-7H3. The van der Waals surface area contributed by atoms with Gasteiger partial charge >= 0.3 is 47.4 Å². The minimum atomic E-state index is -3.11. The van der Waals surface area contributed by atoms with E-state index < -0.39 is 70.2 Å². The van der Waals surface area contributed by atoms with E-state index in [-0.39, 0.29) is 29.4 Å². The summed E-state index contributed by atoms with van der Waals surface area (Å²) in [4.78, 5) is 87.0. The van der Waals surface area contributed by atoms with Crippen molar-refractivity contribution in [2.45, 2.75) is 60.0 Å². The van der Waals surface area contributed by atoms with Crippen LogP contribution in [0.1, 0.15) is 64.4 Å². The van der Waals surface area contributed by atoms with Crippen LogP contribution in [-0.2, 0) is 48.8 Å². The lowest BCUT2D eigenvalue weighted by Gasteiger charge is -2.48. The van der Waals surface area contributed by atoms with Crippen molar-refractivity contribution in [3.63, 3.8) is 0 Å². The number of hydrogen-bond acceptors (Lipinski definition) is 15. The molecule has 1 aliphatic rings. The van der Waals surface area contributed by atoms with Gasteiger partial charge in [-0.25, -0.2) is 0 Å². The minimum absolute atomic E-state index is 0.231. The fourth-order valence-electron chi connectivity index (χ4n) is 4.37. The Morgan fingerprint density at radius 1 is 0.659 bits per heavy atom. The van der Waals surface area contributed by atoms with Gasteiger partial charge in [-0.2, -0.15) is 0 Å². The van der Waals surface area contributed by atoms with Gasteiger partial charge in [-0.15, -0.1) is 0 Å². The van der Waals surface area contributed by atoms with E-state index in [0.29, 0.717) is 0 Å². The molecule has 0 saturated carbocycles. The van der Waals surface area contributed by atoms with Crippen LogP contribution in [0.4, 0.5) is 0 Å². The lowest BCUT2D eigenvalue weighted by atomic mass is 9.85. The predicted molar refractivity (Wildman–Crippen MR) is 143 cm³/mol. The summed E-state index contributed by atoms with van der Waals surface area (Å²) in [6.45, 7) is 7.28. The molecule has 0 N–H and O–H groups in total. The zero-order chi connectivity index (χ0) is 33.0. The predicted octanol–water partition coefficient (Wildman–Crippen LogP) is 2.67. The van der Waals surface area contributed by atoms with Crippen LogP contribution in [0.5, 0.6) is 28.7 Å². The van der Waals surface area contributed by atoms with Crippen molar-refractivity contribution in [3.05, 3.63) is 41.5 Å². The molecule has 1 unspecified atom stereocenters. The van der Waals surface area contributed by atoms with E-state index in [2.05, 4.69) is 0 Å². The monoisotopic (exact) mass is 616 g/mol. The number of Topliss-reactive ketones (excluding diaryl/α,β-unsaturated/α-hetero) is 1. The van der Waals surface area contributed by atoms with Gasteiger partial charge < -0.3 is 37.9 Å². The first-order valence-corrected chi connectivity index (χ1v) is 12.9. The zero-order valence-corrected chi connectivity index (χ0v) is 24.7. The fraction of sp³-hybridized carbons (Fsp3) is 0.345. The molecular weight excluding hydrogens is 588 g/mol. The molecule has 2 aromatic carbocycles. The molecule has 0 bridgehead atoms. The molecule has 0 amide bonds. The van der Waals surface area contributed by atoms with E-state index in [1.54, 1.807) is 0 Å². The first-order chi connectivity index (χ1) is 20.5. The molecule has 3 rings (SSSR count). The lowest BCUT2D eigenvalue weighted by Crippen LogP contribution is -2.67. The number of benzene rings is 2. The van der Waals surface area contributed by atoms with Gasteiger partial charge in [0.2, 0.25) is 0 Å². The zero-order valence-electron chi connectivity index (χ0n) is 24.7. The highest BCUT2D eigenvalue weighted by atomic mass is 16.8. The van der Waals surface area contributed by atoms with E-state index in [4.69, 9.17) is 37.9 Å². The van der Waals surface area contributed by atoms with Crippen molar-refractivity contribution in [2.24, 2.45) is 0 Å². The summed E-state index contributed by atoms with van der Waals surface area (Å²) in [5.41, 5.74) is -0.800. The van der Waals surface area contributed by atoms with Crippen molar-refractivity contribution in [1.29, 1.82) is 0 Å². The van der Waals surface area contributed by atoms with Crippen LogP contribution in [0.3, 0.4) is 0 Å². The Hall–Kier alpha value is -5.31. The molecule has 0 spiro atoms. The van der Waals surface area contributed by atoms with Crippen LogP contribution < -0.4 is 23.7 Å². The number of esters is 6. The molecule has 1 heterocycles. The van der Waals surface area contributed by atoms with Crippen LogP contribution in [0.2, 0.25) is 0 Å². The van der Waals surface area contributed by atoms with Crippen LogP contribution >= 0.6 is 0 Å². The first kappa shape index (κ1) is 33.2. The number of fused-ring (bicyclic) bond motifs is 1. The van der Waals surface area contributed by atoms with Crippen molar-refractivity contribution in [3.8, 4) is 28.7 Å². The average molecular weight is 617 g/mol. The maximum absolute atomic E-state index is 14.5. The largest absolute Gasteiger partial charge is 0.449 e. The molecule has 15 nitrogen and oxygen atoms in total. The SMILES string of the molecule is CCOC1(c2ccc(OC(C)=O)c(OC(C)=O)c2)Oc2cc(OC(C)=O)cc(OC(C)=O)c2C(=O)C1(OC(C)=O)OC(C)=O. The van der Waals surface area contributed by atoms with Gasteiger partial charge in [-0.1, -0.05) is 0 Å². The van der Waals surface area contributed by atoms with Gasteiger partial charge in [0.15, 0.2) is 11.5 Å². The second-order valence-electron chi connectivity index (χ2n) is 9.12. The number of ether oxygens (including phenoxy) is 8. The van der Waals surface area contributed by atoms with Crippen LogP contribution in [0.15, 0.2) is 30.3 Å². The summed E-state index contributed by atoms with van der Waals surface area (Å²) < 4.78 is 43.8. The fourth-order valence-corrected chi connectivity index (χ4v) is 4.37. The molecule has 0 aliphatic carbocycles. The lowest BCUT2D eigenvalue weighted by molar-refractivity contribution is -0.349. The van der Waals surface area contributed by atoms with E-state index in [0.717, 1.165) is 65.8 Å². The Labute approximate surface area is 250 Å². The smallest absolute Gasteiger partial charge is 0.393 e. The molecule has 0 radical (unpaired) electrons. The summed E-state index contributed by atoms with van der Waals surface area (Å²) in [5, 5.41) is 0. The molecule has 234 valence electrons. The van der Waals surface area contributed by atoms with Gasteiger partial charge in [0.05, 0.1) is 0 Å². The van der Waals surface area contributed by atoms with E-state index in [1.807, 2.05) is 0 Å². The van der Waals surface area contributed by atoms with Gasteiger partial charge in [-0.05, 0) is 25.1 Å². The maximum atomic E-state index is 14.5. The van der Waals surface area contributed by atoms with Crippen LogP contribution in [0, 0.1) is 0 Å². The highest BCUT2D eigenvalue weighted by Gasteiger charge is 2.71. The van der Waals surface area contributed by atoms with Gasteiger partial charge in [-0.3, -0.25) is 33.6 Å². The summed E-state index contributed by atoms with van der Waals surface area (Å²) in [6, 6.07) is 5.53. The Bertz CT molecular complexity index is 1540. The summed E-state index contributed by atoms with van der Waals surface area (Å²) >= 11 is 0. The van der Waals surface area contributed by atoms with Gasteiger partial charge in [0, 0.05) is 65.8 Å². The highest BCUT2D eigenvalue weighted by molar-refractivity contribution is 6.10. The molecule has 2 aromatic rings. The van der Waals surface area contributed by atoms with Crippen molar-refractivity contribution in [1.82, 2.24) is 0 Å². The number of hydrogen-bond donors (Lipinski definition) is 0. The number of carbonyl (C=O) groups is 7. The molecular formula is C29H28O15. The normalized spacial score (nSPS) is 16.4. The van der Waals surface area contributed by atoms with Crippen LogP contribution in [0.25, 0.3) is 0 Å². The van der Waals surface area contributed by atoms with Crippen molar-refractivity contribution in [2.75, 3.05) is 6.61 Å². The molecule has 0 aromatic heterocycles. The van der Waals surface area contributed by atoms with E-state index in [1.165, 1.54) is 13.0 Å². The third kappa shape index (κ3) is 6.67. The molecule has 0 fully saturated rings. The minimum Gasteiger partial charge on any atom is -0.449 e. The van der Waals surface area contributed by atoms with Crippen LogP contribution in [-0.4, -0.2) is 54.0 Å². The topological polar surface area (TPSA) is 193 Å². The summed E-state index contributed by atoms with van der Waals surface area (Å²) in [6.07, 6.45) is 0. The Morgan fingerprint density at radius 2 is 1.18 bits per heavy atom. The third-order valence-corrected chi connectivity index (χ3v) is 5.52. The Kier molecular flexibility index (Phi) is 9.74. The van der Waals surface area contributed by atoms with Gasteiger partial charge in [0.1, 0.15) is 22.8 Å². The molecule has 0 saturated heterocycles. The Morgan fingerprint density at radius 3 is 1.68 bits per heavy atom. The summed E-state index contributed by atoms with van der Waals surface area (Å²) in [7, 11) is 0. The third-order valence-electron chi connectivity index (χ3n) is 5.52. The number of ketones is 1. The second-order valence-corrected chi connectivity index (χ2v) is 9.12. The average Bonchev–Trinajstić information content (AvgIpc) is 2.86. The number of carbonyl (C=O) groups excluding carboxylic acids is 7. The van der Waals surface area contributed by atoms with Gasteiger partial charge in [0.25, 0.3) is 5.78 Å². The summed E-state index contributed by atoms with van der Waals surface area (Å²) in [5.74, 6) is -14.4. The van der Waals surface area contributed by atoms with Crippen molar-refractivity contribution >= 4 is 41.6 Å². The molecule has 1 aliphatic heterocycles. The van der Waals surface area contributed by atoms with Crippen molar-refractivity contribution < 1.29 is 71.5 Å². The van der Waals surface area contributed by atoms with E-state index >= 15 is 0 Å². The first-order valence-electron chi connectivity index (χ1n) is 12.9. The van der Waals surface area contributed by atoms with E-state index in [9.17, 15) is 33.6 Å². The maximum Gasteiger partial charge on any atom is 0.393 e. The molecule has 44 heavy (non-hydrogen) atoms. The molecule has 15 heteroatoms. The second kappa shape index (κ2) is 12.9. The molecule has 1 atom stereocenters. The highest BCUT2D eigenvalue weighted by Crippen LogP contribution is 2.53. The number of rotatable bonds is 9.